The molecular weight excluding hydrogens is 538 g/mol. The van der Waals surface area contributed by atoms with E-state index in [1.54, 1.807) is 42.5 Å². The number of phenolic OH excluding ortho intramolecular Hbond substituents is 1. The molecule has 0 saturated carbocycles. The number of hydrogen-bond acceptors (Lipinski definition) is 9. The van der Waals surface area contributed by atoms with Gasteiger partial charge in [0.1, 0.15) is 23.9 Å². The number of benzene rings is 2. The zero-order valence-electron chi connectivity index (χ0n) is 22.4. The Kier molecular flexibility index (Phi) is 12.7. The lowest BCUT2D eigenvalue weighted by molar-refractivity contribution is -0.145. The number of aliphatic carboxylic acids is 1. The molecule has 222 valence electrons. The lowest BCUT2D eigenvalue weighted by atomic mass is 10.0. The fourth-order valence-electron chi connectivity index (χ4n) is 3.73. The van der Waals surface area contributed by atoms with Gasteiger partial charge in [0.2, 0.25) is 23.6 Å². The number of nitrogens with two attached hydrogens (primary N) is 1. The highest BCUT2D eigenvalue weighted by Gasteiger charge is 2.31. The summed E-state index contributed by atoms with van der Waals surface area (Å²) in [5.74, 6) is -4.58. The second-order valence-electron chi connectivity index (χ2n) is 9.23. The van der Waals surface area contributed by atoms with Crippen LogP contribution in [0.1, 0.15) is 11.1 Å². The molecule has 0 aliphatic carbocycles. The summed E-state index contributed by atoms with van der Waals surface area (Å²) in [5, 5.41) is 44.3. The van der Waals surface area contributed by atoms with Crippen molar-refractivity contribution >= 4 is 29.6 Å². The molecular formula is C27H35N5O9. The lowest BCUT2D eigenvalue weighted by Crippen LogP contribution is -2.57. The molecule has 4 amide bonds. The number of nitrogens with one attached hydrogen (secondary N) is 3. The number of carbonyl (C=O) groups is 5. The van der Waals surface area contributed by atoms with Crippen LogP contribution in [-0.4, -0.2) is 106 Å². The van der Waals surface area contributed by atoms with Crippen LogP contribution in [0.25, 0.3) is 0 Å². The number of phenols is 1. The Bertz CT molecular complexity index is 1190. The number of nitrogens with zero attached hydrogens (tertiary/aromatic N) is 1. The molecule has 0 bridgehead atoms. The number of aliphatic hydroxyl groups is 2. The Hall–Kier alpha value is -4.53. The largest absolute Gasteiger partial charge is 0.508 e. The maximum Gasteiger partial charge on any atom is 0.328 e. The van der Waals surface area contributed by atoms with Gasteiger partial charge in [-0.1, -0.05) is 42.5 Å². The van der Waals surface area contributed by atoms with Crippen LogP contribution in [0.2, 0.25) is 0 Å². The van der Waals surface area contributed by atoms with Gasteiger partial charge in [-0.2, -0.15) is 0 Å². The molecule has 0 spiro atoms. The number of carboxylic acids is 1. The minimum Gasteiger partial charge on any atom is -0.508 e. The molecule has 0 aliphatic heterocycles. The van der Waals surface area contributed by atoms with Crippen molar-refractivity contribution in [3.8, 4) is 5.75 Å². The van der Waals surface area contributed by atoms with Gasteiger partial charge in [-0.15, -0.1) is 0 Å². The Morgan fingerprint density at radius 3 is 1.93 bits per heavy atom. The molecule has 14 nitrogen and oxygen atoms in total. The quantitative estimate of drug-likeness (QED) is 0.111. The molecule has 0 heterocycles. The third-order valence-corrected chi connectivity index (χ3v) is 6.19. The van der Waals surface area contributed by atoms with Crippen LogP contribution in [0.15, 0.2) is 54.6 Å². The number of hydrogen-bond donors (Lipinski definition) is 8. The van der Waals surface area contributed by atoms with Crippen molar-refractivity contribution in [2.24, 2.45) is 5.73 Å². The van der Waals surface area contributed by atoms with Crippen molar-refractivity contribution in [3.05, 3.63) is 65.7 Å². The predicted molar refractivity (Wildman–Crippen MR) is 145 cm³/mol. The van der Waals surface area contributed by atoms with Gasteiger partial charge in [0.05, 0.1) is 25.8 Å². The number of aromatic hydroxyl groups is 1. The van der Waals surface area contributed by atoms with E-state index in [1.165, 1.54) is 19.2 Å². The maximum absolute atomic E-state index is 12.9. The Morgan fingerprint density at radius 2 is 1.37 bits per heavy atom. The van der Waals surface area contributed by atoms with Crippen molar-refractivity contribution in [2.45, 2.75) is 37.0 Å². The third kappa shape index (κ3) is 10.2. The summed E-state index contributed by atoms with van der Waals surface area (Å²) in [7, 11) is 1.30. The molecule has 0 radical (unpaired) electrons. The lowest BCUT2D eigenvalue weighted by Gasteiger charge is -2.29. The monoisotopic (exact) mass is 573 g/mol. The third-order valence-electron chi connectivity index (χ3n) is 6.19. The summed E-state index contributed by atoms with van der Waals surface area (Å²) in [4.78, 5) is 63.2. The summed E-state index contributed by atoms with van der Waals surface area (Å²) >= 11 is 0. The molecule has 9 N–H and O–H groups in total. The zero-order valence-corrected chi connectivity index (χ0v) is 22.4. The molecule has 2 aromatic carbocycles. The Morgan fingerprint density at radius 1 is 0.805 bits per heavy atom. The fourth-order valence-corrected chi connectivity index (χ4v) is 3.73. The molecule has 0 unspecified atom stereocenters. The summed E-state index contributed by atoms with van der Waals surface area (Å²) in [5.41, 5.74) is 7.23. The minimum atomic E-state index is -1.58. The van der Waals surface area contributed by atoms with E-state index in [0.717, 1.165) is 4.90 Å². The van der Waals surface area contributed by atoms with E-state index in [2.05, 4.69) is 16.0 Å². The van der Waals surface area contributed by atoms with Gasteiger partial charge in [0, 0.05) is 13.5 Å². The van der Waals surface area contributed by atoms with Crippen molar-refractivity contribution < 1.29 is 44.4 Å². The van der Waals surface area contributed by atoms with Gasteiger partial charge in [-0.25, -0.2) is 4.79 Å². The molecule has 0 aromatic heterocycles. The van der Waals surface area contributed by atoms with Crippen LogP contribution in [0, 0.1) is 0 Å². The Balaban J connectivity index is 2.01. The van der Waals surface area contributed by atoms with Crippen molar-refractivity contribution in [2.75, 3.05) is 26.8 Å². The molecule has 2 rings (SSSR count). The van der Waals surface area contributed by atoms with Crippen LogP contribution >= 0.6 is 0 Å². The van der Waals surface area contributed by atoms with E-state index in [1.807, 2.05) is 0 Å². The van der Waals surface area contributed by atoms with E-state index in [-0.39, 0.29) is 18.6 Å². The molecule has 0 fully saturated rings. The van der Waals surface area contributed by atoms with Gasteiger partial charge in [0.15, 0.2) is 0 Å². The van der Waals surface area contributed by atoms with E-state index >= 15 is 0 Å². The highest BCUT2D eigenvalue weighted by atomic mass is 16.4. The van der Waals surface area contributed by atoms with Crippen LogP contribution in [-0.2, 0) is 36.8 Å². The second kappa shape index (κ2) is 15.9. The van der Waals surface area contributed by atoms with Crippen LogP contribution in [0.4, 0.5) is 0 Å². The SMILES string of the molecule is CN(C(=O)CNC(=O)[C@@H](CO)NC(=O)[C@@H](N)Cc1ccc(O)cc1)[C@@H](Cc1ccccc1)C(=O)N[C@H](CO)C(=O)O. The van der Waals surface area contributed by atoms with E-state index < -0.39 is 73.5 Å². The second-order valence-corrected chi connectivity index (χ2v) is 9.23. The number of carbonyl (C=O) groups excluding carboxylic acids is 4. The van der Waals surface area contributed by atoms with Crippen LogP contribution < -0.4 is 21.7 Å². The van der Waals surface area contributed by atoms with Crippen LogP contribution in [0.3, 0.4) is 0 Å². The van der Waals surface area contributed by atoms with E-state index in [4.69, 9.17) is 5.73 Å². The first kappa shape index (κ1) is 32.7. The molecule has 0 aliphatic rings. The first-order valence-electron chi connectivity index (χ1n) is 12.6. The molecule has 41 heavy (non-hydrogen) atoms. The highest BCUT2D eigenvalue weighted by Crippen LogP contribution is 2.11. The summed E-state index contributed by atoms with van der Waals surface area (Å²) < 4.78 is 0. The maximum atomic E-state index is 12.9. The molecule has 0 saturated heterocycles. The fraction of sp³-hybridized carbons (Fsp3) is 0.370. The number of carboxylic acid groups (broad SMARTS) is 1. The normalized spacial score (nSPS) is 13.7. The van der Waals surface area contributed by atoms with E-state index in [0.29, 0.717) is 11.1 Å². The Labute approximate surface area is 236 Å². The van der Waals surface area contributed by atoms with Gasteiger partial charge in [0.25, 0.3) is 0 Å². The highest BCUT2D eigenvalue weighted by molar-refractivity contribution is 5.94. The average Bonchev–Trinajstić information content (AvgIpc) is 2.96. The summed E-state index contributed by atoms with van der Waals surface area (Å²) in [6, 6.07) is 9.38. The first-order chi connectivity index (χ1) is 19.5. The van der Waals surface area contributed by atoms with Gasteiger partial charge in [-0.05, 0) is 29.7 Å². The zero-order chi connectivity index (χ0) is 30.5. The number of rotatable bonds is 15. The number of aliphatic hydroxyl groups excluding tert-OH is 2. The topological polar surface area (TPSA) is 232 Å². The average molecular weight is 574 g/mol. The van der Waals surface area contributed by atoms with Gasteiger partial charge in [-0.3, -0.25) is 19.2 Å². The standard InChI is InChI=1S/C27H35N5O9/c1-32(22(12-16-5-3-2-4-6-16)26(39)31-21(15-34)27(40)41)23(36)13-29-25(38)20(14-33)30-24(37)19(28)11-17-7-9-18(35)10-8-17/h2-10,19-22,33-35H,11-15,28H2,1H3,(H,29,38)(H,30,37)(H,31,39)(H,40,41)/t19-,20+,21+,22-/m0/s1. The van der Waals surface area contributed by atoms with E-state index in [9.17, 15) is 44.4 Å². The molecule has 2 aromatic rings. The van der Waals surface area contributed by atoms with Crippen molar-refractivity contribution in [3.63, 3.8) is 0 Å². The number of likely N-dealkylation sites (N-methyl/N-ethyl adjacent to an activating group) is 1. The molecule has 4 atom stereocenters. The van der Waals surface area contributed by atoms with Crippen molar-refractivity contribution in [1.29, 1.82) is 0 Å². The molecule has 14 heteroatoms. The van der Waals surface area contributed by atoms with Gasteiger partial charge >= 0.3 is 5.97 Å². The predicted octanol–water partition coefficient (Wildman–Crippen LogP) is -2.51. The number of amides is 4. The van der Waals surface area contributed by atoms with Gasteiger partial charge < -0.3 is 47.0 Å². The van der Waals surface area contributed by atoms with Crippen LogP contribution in [0.5, 0.6) is 5.75 Å². The minimum absolute atomic E-state index is 0.00880. The van der Waals surface area contributed by atoms with Crippen molar-refractivity contribution in [1.82, 2.24) is 20.9 Å². The summed E-state index contributed by atoms with van der Waals surface area (Å²) in [6.07, 6.45) is 0.105. The first-order valence-corrected chi connectivity index (χ1v) is 12.6. The summed E-state index contributed by atoms with van der Waals surface area (Å²) in [6.45, 7) is -2.26. The smallest absolute Gasteiger partial charge is 0.328 e.